The third-order valence-electron chi connectivity index (χ3n) is 9.44. The molecule has 45 heavy (non-hydrogen) atoms. The number of unbranched alkanes of at least 4 members (excludes halogenated alkanes) is 2. The van der Waals surface area contributed by atoms with Crippen molar-refractivity contribution in [3.05, 3.63) is 93.2 Å². The van der Waals surface area contributed by atoms with Crippen LogP contribution < -0.4 is 0 Å². The number of hydrogen-bond acceptors (Lipinski definition) is 4. The first kappa shape index (κ1) is 32.6. The first-order valence-corrected chi connectivity index (χ1v) is 17.7. The van der Waals surface area contributed by atoms with Crippen molar-refractivity contribution in [1.29, 1.82) is 0 Å². The van der Waals surface area contributed by atoms with Gasteiger partial charge in [-0.25, -0.2) is 0 Å². The van der Waals surface area contributed by atoms with E-state index in [1.807, 2.05) is 75.8 Å². The molecule has 0 bridgehead atoms. The Bertz CT molecular complexity index is 1550. The fourth-order valence-electron chi connectivity index (χ4n) is 6.64. The van der Waals surface area contributed by atoms with Crippen molar-refractivity contribution in [2.45, 2.75) is 79.1 Å². The number of rotatable bonds is 16. The lowest BCUT2D eigenvalue weighted by Crippen LogP contribution is -2.34. The summed E-state index contributed by atoms with van der Waals surface area (Å²) in [4.78, 5) is 45.1. The van der Waals surface area contributed by atoms with Crippen LogP contribution in [-0.2, 0) is 9.59 Å². The van der Waals surface area contributed by atoms with Crippen molar-refractivity contribution in [1.82, 2.24) is 9.80 Å². The summed E-state index contributed by atoms with van der Waals surface area (Å²) in [5.41, 5.74) is 6.21. The van der Waals surface area contributed by atoms with E-state index in [1.54, 1.807) is 11.3 Å². The maximum atomic E-state index is 14.6. The normalized spacial score (nSPS) is 16.2. The lowest BCUT2D eigenvalue weighted by molar-refractivity contribution is -0.124. The Hall–Kier alpha value is -3.77. The number of nitrogens with zero attached hydrogens (tertiary/aromatic N) is 2. The fourth-order valence-corrected chi connectivity index (χ4v) is 7.42. The van der Waals surface area contributed by atoms with Gasteiger partial charge in [0.15, 0.2) is 0 Å². The molecule has 2 atom stereocenters. The molecule has 0 radical (unpaired) electrons. The molecule has 5 nitrogen and oxygen atoms in total. The van der Waals surface area contributed by atoms with Gasteiger partial charge in [0.05, 0.1) is 27.4 Å². The molecule has 0 fully saturated rings. The molecule has 0 spiro atoms. The molecule has 5 rings (SSSR count). The Balaban J connectivity index is 1.62. The van der Waals surface area contributed by atoms with Crippen LogP contribution >= 0.6 is 11.3 Å². The van der Waals surface area contributed by atoms with Crippen LogP contribution in [0.4, 0.5) is 0 Å². The van der Waals surface area contributed by atoms with Crippen molar-refractivity contribution in [2.24, 2.45) is 11.8 Å². The van der Waals surface area contributed by atoms with Gasteiger partial charge in [0.2, 0.25) is 0 Å². The minimum atomic E-state index is -0.0515. The largest absolute Gasteiger partial charge is 0.307 e. The molecule has 3 aromatic rings. The second kappa shape index (κ2) is 15.0. The van der Waals surface area contributed by atoms with Crippen molar-refractivity contribution < 1.29 is 14.4 Å². The Morgan fingerprint density at radius 2 is 1.16 bits per heavy atom. The third kappa shape index (κ3) is 6.76. The zero-order valence-corrected chi connectivity index (χ0v) is 28.0. The molecule has 2 amide bonds. The van der Waals surface area contributed by atoms with E-state index in [0.29, 0.717) is 41.6 Å². The Kier molecular flexibility index (Phi) is 10.9. The summed E-state index contributed by atoms with van der Waals surface area (Å²) < 4.78 is 0. The first-order chi connectivity index (χ1) is 21.9. The van der Waals surface area contributed by atoms with Crippen LogP contribution in [-0.4, -0.2) is 41.0 Å². The van der Waals surface area contributed by atoms with Crippen LogP contribution in [0.3, 0.4) is 0 Å². The third-order valence-corrected chi connectivity index (χ3v) is 10.3. The summed E-state index contributed by atoms with van der Waals surface area (Å²) in [5.74, 6) is 0.630. The second-order valence-corrected chi connectivity index (χ2v) is 13.4. The summed E-state index contributed by atoms with van der Waals surface area (Å²) in [6.07, 6.45) is 9.44. The molecule has 2 aliphatic rings. The summed E-state index contributed by atoms with van der Waals surface area (Å²) >= 11 is 1.59. The highest BCUT2D eigenvalue weighted by molar-refractivity contribution is 7.11. The van der Waals surface area contributed by atoms with Crippen molar-refractivity contribution in [3.63, 3.8) is 0 Å². The van der Waals surface area contributed by atoms with E-state index in [9.17, 15) is 14.4 Å². The zero-order valence-electron chi connectivity index (χ0n) is 27.2. The number of hydrogen-bond donors (Lipinski definition) is 0. The van der Waals surface area contributed by atoms with Gasteiger partial charge in [-0.05, 0) is 52.8 Å². The lowest BCUT2D eigenvalue weighted by atomic mass is 9.97. The number of thiophene rings is 1. The number of fused-ring (bicyclic) bond motifs is 1. The van der Waals surface area contributed by atoms with Crippen molar-refractivity contribution in [3.8, 4) is 11.1 Å². The Labute approximate surface area is 272 Å². The predicted molar refractivity (Wildman–Crippen MR) is 185 cm³/mol. The van der Waals surface area contributed by atoms with E-state index >= 15 is 0 Å². The van der Waals surface area contributed by atoms with Gasteiger partial charge in [-0.15, -0.1) is 11.3 Å². The summed E-state index contributed by atoms with van der Waals surface area (Å²) in [7, 11) is 0. The average molecular weight is 623 g/mol. The van der Waals surface area contributed by atoms with E-state index in [-0.39, 0.29) is 11.8 Å². The first-order valence-electron chi connectivity index (χ1n) is 16.8. The van der Waals surface area contributed by atoms with Gasteiger partial charge in [0.25, 0.3) is 11.8 Å². The van der Waals surface area contributed by atoms with Gasteiger partial charge in [-0.2, -0.15) is 0 Å². The number of benzene rings is 2. The minimum absolute atomic E-state index is 0.0515. The second-order valence-electron chi connectivity index (χ2n) is 12.4. The average Bonchev–Trinajstić information content (AvgIpc) is 3.77. The predicted octanol–water partition coefficient (Wildman–Crippen LogP) is 9.47. The highest BCUT2D eigenvalue weighted by atomic mass is 32.1. The van der Waals surface area contributed by atoms with Crippen LogP contribution in [0.2, 0.25) is 0 Å². The number of carbonyl (C=O) groups is 3. The SMILES string of the molecule is CCCCC(CC)CN1C(=O)C2=C(c3cccs3)N(CC(CC)CCCC)C(=O)C2=C1c1ccc(-c2ccc(C=O)cc2)cc1. The molecule has 0 N–H and O–H groups in total. The highest BCUT2D eigenvalue weighted by Gasteiger charge is 2.49. The molecule has 3 heterocycles. The lowest BCUT2D eigenvalue weighted by Gasteiger charge is -2.29. The van der Waals surface area contributed by atoms with E-state index in [0.717, 1.165) is 90.6 Å². The van der Waals surface area contributed by atoms with Gasteiger partial charge in [0.1, 0.15) is 6.29 Å². The van der Waals surface area contributed by atoms with Crippen LogP contribution in [0.15, 0.2) is 77.2 Å². The Morgan fingerprint density at radius 3 is 1.62 bits per heavy atom. The van der Waals surface area contributed by atoms with Gasteiger partial charge in [-0.3, -0.25) is 14.4 Å². The van der Waals surface area contributed by atoms with Gasteiger partial charge in [0, 0.05) is 18.7 Å². The van der Waals surface area contributed by atoms with Crippen LogP contribution in [0.25, 0.3) is 22.5 Å². The van der Waals surface area contributed by atoms with E-state index < -0.39 is 0 Å². The molecule has 1 aromatic heterocycles. The van der Waals surface area contributed by atoms with Crippen molar-refractivity contribution in [2.75, 3.05) is 13.1 Å². The molecule has 0 saturated heterocycles. The molecule has 0 saturated carbocycles. The highest BCUT2D eigenvalue weighted by Crippen LogP contribution is 2.48. The summed E-state index contributed by atoms with van der Waals surface area (Å²) in [6, 6.07) is 19.7. The van der Waals surface area contributed by atoms with Crippen LogP contribution in [0.1, 0.15) is 99.9 Å². The van der Waals surface area contributed by atoms with Crippen molar-refractivity contribution >= 4 is 40.8 Å². The molecule has 6 heteroatoms. The van der Waals surface area contributed by atoms with Gasteiger partial charge < -0.3 is 9.80 Å². The summed E-state index contributed by atoms with van der Waals surface area (Å²) in [5, 5.41) is 2.03. The van der Waals surface area contributed by atoms with E-state index in [4.69, 9.17) is 0 Å². The molecular formula is C39H46N2O3S. The van der Waals surface area contributed by atoms with E-state index in [1.165, 1.54) is 0 Å². The summed E-state index contributed by atoms with van der Waals surface area (Å²) in [6.45, 7) is 10.0. The smallest absolute Gasteiger partial charge is 0.261 e. The molecule has 2 unspecified atom stereocenters. The van der Waals surface area contributed by atoms with E-state index in [2.05, 4.69) is 27.7 Å². The molecule has 0 aliphatic carbocycles. The maximum absolute atomic E-state index is 14.6. The minimum Gasteiger partial charge on any atom is -0.307 e. The Morgan fingerprint density at radius 1 is 0.667 bits per heavy atom. The fraction of sp³-hybridized carbons (Fsp3) is 0.410. The number of amides is 2. The quantitative estimate of drug-likeness (QED) is 0.150. The monoisotopic (exact) mass is 622 g/mol. The zero-order chi connectivity index (χ0) is 31.9. The van der Waals surface area contributed by atoms with Gasteiger partial charge >= 0.3 is 0 Å². The van der Waals surface area contributed by atoms with Gasteiger partial charge in [-0.1, -0.05) is 121 Å². The van der Waals surface area contributed by atoms with Crippen LogP contribution in [0, 0.1) is 11.8 Å². The van der Waals surface area contributed by atoms with Crippen LogP contribution in [0.5, 0.6) is 0 Å². The number of carbonyl (C=O) groups excluding carboxylic acids is 3. The maximum Gasteiger partial charge on any atom is 0.261 e. The molecular weight excluding hydrogens is 577 g/mol. The molecule has 2 aliphatic heterocycles. The standard InChI is InChI=1S/C39H46N2O3S/c1-5-9-12-27(7-3)24-40-36(32-21-19-31(20-22-32)30-17-15-29(26-42)16-18-30)34-35(39(40)44)37(33-14-11-23-45-33)41(38(34)43)25-28(8-4)13-10-6-2/h11,14-23,26-28H,5-10,12-13,24-25H2,1-4H3. The number of aldehydes is 1. The molecule has 2 aromatic carbocycles. The molecule has 236 valence electrons. The topological polar surface area (TPSA) is 57.7 Å².